The van der Waals surface area contributed by atoms with Crippen molar-refractivity contribution in [2.24, 2.45) is 0 Å². The van der Waals surface area contributed by atoms with Crippen LogP contribution in [-0.4, -0.2) is 38.8 Å². The summed E-state index contributed by atoms with van der Waals surface area (Å²) in [6.45, 7) is 1.55. The summed E-state index contributed by atoms with van der Waals surface area (Å²) in [6.07, 6.45) is -0.875. The number of carbonyl (C=O) groups is 1. The molecule has 0 aromatic heterocycles. The summed E-state index contributed by atoms with van der Waals surface area (Å²) in [6, 6.07) is 10.8. The number of nitrogens with zero attached hydrogens (tertiary/aromatic N) is 1. The van der Waals surface area contributed by atoms with Gasteiger partial charge in [0.1, 0.15) is 10.8 Å². The molecule has 2 rings (SSSR count). The lowest BCUT2D eigenvalue weighted by atomic mass is 10.3. The maximum absolute atomic E-state index is 12.3. The van der Waals surface area contributed by atoms with E-state index in [-0.39, 0.29) is 15.7 Å². The number of ether oxygens (including phenoxy) is 1. The van der Waals surface area contributed by atoms with Crippen LogP contribution in [0.25, 0.3) is 0 Å². The van der Waals surface area contributed by atoms with Crippen LogP contribution < -0.4 is 10.1 Å². The molecule has 140 valence electrons. The molecule has 0 bridgehead atoms. The first-order valence-corrected chi connectivity index (χ1v) is 9.76. The van der Waals surface area contributed by atoms with E-state index in [1.54, 1.807) is 37.3 Å². The largest absolute Gasteiger partial charge is 0.479 e. The van der Waals surface area contributed by atoms with Crippen LogP contribution in [0.15, 0.2) is 47.4 Å². The molecule has 1 atom stereocenters. The lowest BCUT2D eigenvalue weighted by Gasteiger charge is -2.17. The fourth-order valence-corrected chi connectivity index (χ4v) is 3.29. The quantitative estimate of drug-likeness (QED) is 0.779. The van der Waals surface area contributed by atoms with Gasteiger partial charge in [0.05, 0.1) is 9.92 Å². The van der Waals surface area contributed by atoms with Gasteiger partial charge in [-0.15, -0.1) is 0 Å². The maximum atomic E-state index is 12.3. The fraction of sp³-hybridized carbons (Fsp3) is 0.235. The number of anilines is 1. The van der Waals surface area contributed by atoms with Gasteiger partial charge in [0.2, 0.25) is 10.0 Å². The molecule has 6 nitrogen and oxygen atoms in total. The third-order valence-electron chi connectivity index (χ3n) is 3.47. The summed E-state index contributed by atoms with van der Waals surface area (Å²) in [5.74, 6) is -0.175. The molecule has 0 saturated carbocycles. The van der Waals surface area contributed by atoms with E-state index in [1.165, 1.54) is 26.2 Å². The third kappa shape index (κ3) is 4.67. The Morgan fingerprint density at radius 1 is 1.15 bits per heavy atom. The van der Waals surface area contributed by atoms with Crippen LogP contribution in [0.4, 0.5) is 5.69 Å². The number of rotatable bonds is 6. The fourth-order valence-electron chi connectivity index (χ4n) is 2.01. The zero-order chi connectivity index (χ0) is 19.5. The van der Waals surface area contributed by atoms with Crippen LogP contribution in [0.2, 0.25) is 10.0 Å². The van der Waals surface area contributed by atoms with Crippen molar-refractivity contribution in [1.29, 1.82) is 0 Å². The van der Waals surface area contributed by atoms with Crippen LogP contribution in [0.1, 0.15) is 6.92 Å². The molecule has 0 aliphatic rings. The first-order valence-electron chi connectivity index (χ1n) is 7.57. The van der Waals surface area contributed by atoms with Crippen LogP contribution in [0.3, 0.4) is 0 Å². The molecule has 2 aromatic rings. The van der Waals surface area contributed by atoms with E-state index < -0.39 is 22.0 Å². The number of benzene rings is 2. The number of hydrogen-bond acceptors (Lipinski definition) is 4. The first kappa shape index (κ1) is 20.5. The average molecular weight is 417 g/mol. The molecule has 2 aromatic carbocycles. The molecule has 1 amide bonds. The van der Waals surface area contributed by atoms with Crippen molar-refractivity contribution in [3.8, 4) is 5.75 Å². The summed E-state index contributed by atoms with van der Waals surface area (Å²) in [5.41, 5.74) is 0.338. The second kappa shape index (κ2) is 8.26. The predicted octanol–water partition coefficient (Wildman–Crippen LogP) is 3.65. The standard InChI is InChI=1S/C17H18Cl2N2O4S/c1-11(25-15-9-5-8-14(18)16(15)19)17(22)20-12-6-4-7-13(10-12)26(23,24)21(2)3/h4-11H,1-3H3,(H,20,22)/t11-/m0/s1. The van der Waals surface area contributed by atoms with E-state index >= 15 is 0 Å². The molecule has 9 heteroatoms. The molecule has 1 N–H and O–H groups in total. The Kier molecular flexibility index (Phi) is 6.52. The zero-order valence-corrected chi connectivity index (χ0v) is 16.7. The van der Waals surface area contributed by atoms with Crippen LogP contribution in [-0.2, 0) is 14.8 Å². The van der Waals surface area contributed by atoms with Crippen molar-refractivity contribution in [3.63, 3.8) is 0 Å². The Hall–Kier alpha value is -1.80. The van der Waals surface area contributed by atoms with E-state index in [4.69, 9.17) is 27.9 Å². The van der Waals surface area contributed by atoms with E-state index in [0.717, 1.165) is 4.31 Å². The van der Waals surface area contributed by atoms with E-state index in [1.807, 2.05) is 0 Å². The second-order valence-electron chi connectivity index (χ2n) is 5.62. The van der Waals surface area contributed by atoms with Gasteiger partial charge in [0, 0.05) is 19.8 Å². The Labute approximate surface area is 162 Å². The van der Waals surface area contributed by atoms with Gasteiger partial charge in [-0.05, 0) is 37.3 Å². The normalized spacial score (nSPS) is 12.7. The van der Waals surface area contributed by atoms with Gasteiger partial charge >= 0.3 is 0 Å². The minimum absolute atomic E-state index is 0.0757. The van der Waals surface area contributed by atoms with Crippen molar-refractivity contribution in [1.82, 2.24) is 4.31 Å². The predicted molar refractivity (Wildman–Crippen MR) is 102 cm³/mol. The Balaban J connectivity index is 2.13. The lowest BCUT2D eigenvalue weighted by molar-refractivity contribution is -0.122. The highest BCUT2D eigenvalue weighted by Gasteiger charge is 2.20. The highest BCUT2D eigenvalue weighted by Crippen LogP contribution is 2.32. The number of sulfonamides is 1. The van der Waals surface area contributed by atoms with Gasteiger partial charge in [0.25, 0.3) is 5.91 Å². The molecule has 0 heterocycles. The Bertz CT molecular complexity index is 917. The number of amides is 1. The highest BCUT2D eigenvalue weighted by molar-refractivity contribution is 7.89. The SMILES string of the molecule is C[C@H](Oc1cccc(Cl)c1Cl)C(=O)Nc1cccc(S(=O)(=O)N(C)C)c1. The molecule has 0 saturated heterocycles. The summed E-state index contributed by atoms with van der Waals surface area (Å²) in [5, 5.41) is 3.16. The van der Waals surface area contributed by atoms with Crippen molar-refractivity contribution in [3.05, 3.63) is 52.5 Å². The molecule has 0 aliphatic carbocycles. The Morgan fingerprint density at radius 3 is 2.46 bits per heavy atom. The minimum atomic E-state index is -3.60. The van der Waals surface area contributed by atoms with Gasteiger partial charge in [-0.25, -0.2) is 12.7 Å². The number of halogens is 2. The van der Waals surface area contributed by atoms with E-state index in [0.29, 0.717) is 10.7 Å². The molecular formula is C17H18Cl2N2O4S. The van der Waals surface area contributed by atoms with Gasteiger partial charge in [-0.3, -0.25) is 4.79 Å². The van der Waals surface area contributed by atoms with Crippen molar-refractivity contribution in [2.45, 2.75) is 17.9 Å². The van der Waals surface area contributed by atoms with Gasteiger partial charge in [-0.1, -0.05) is 35.3 Å². The van der Waals surface area contributed by atoms with Crippen LogP contribution in [0, 0.1) is 0 Å². The number of nitrogens with one attached hydrogen (secondary N) is 1. The topological polar surface area (TPSA) is 75.7 Å². The number of carbonyl (C=O) groups excluding carboxylic acids is 1. The summed E-state index contributed by atoms with van der Waals surface area (Å²) < 4.78 is 31.0. The zero-order valence-electron chi connectivity index (χ0n) is 14.4. The lowest BCUT2D eigenvalue weighted by Crippen LogP contribution is -2.30. The summed E-state index contributed by atoms with van der Waals surface area (Å²) in [4.78, 5) is 12.4. The molecule has 26 heavy (non-hydrogen) atoms. The van der Waals surface area contributed by atoms with Crippen molar-refractivity contribution < 1.29 is 17.9 Å². The van der Waals surface area contributed by atoms with Crippen molar-refractivity contribution in [2.75, 3.05) is 19.4 Å². The Morgan fingerprint density at radius 2 is 1.81 bits per heavy atom. The minimum Gasteiger partial charge on any atom is -0.479 e. The molecule has 0 fully saturated rings. The molecule has 0 aliphatic heterocycles. The molecule has 0 unspecified atom stereocenters. The summed E-state index contributed by atoms with van der Waals surface area (Å²) >= 11 is 12.0. The first-order chi connectivity index (χ1) is 12.1. The van der Waals surface area contributed by atoms with E-state index in [2.05, 4.69) is 5.32 Å². The van der Waals surface area contributed by atoms with Gasteiger partial charge < -0.3 is 10.1 Å². The van der Waals surface area contributed by atoms with Crippen molar-refractivity contribution >= 4 is 44.8 Å². The van der Waals surface area contributed by atoms with E-state index in [9.17, 15) is 13.2 Å². The smallest absolute Gasteiger partial charge is 0.265 e. The summed E-state index contributed by atoms with van der Waals surface area (Å²) in [7, 11) is -0.724. The van der Waals surface area contributed by atoms with Gasteiger partial charge in [0.15, 0.2) is 6.10 Å². The average Bonchev–Trinajstić information content (AvgIpc) is 2.59. The van der Waals surface area contributed by atoms with Crippen LogP contribution >= 0.6 is 23.2 Å². The second-order valence-corrected chi connectivity index (χ2v) is 8.55. The molecular weight excluding hydrogens is 399 g/mol. The third-order valence-corrected chi connectivity index (χ3v) is 6.08. The number of hydrogen-bond donors (Lipinski definition) is 1. The monoisotopic (exact) mass is 416 g/mol. The maximum Gasteiger partial charge on any atom is 0.265 e. The molecule has 0 spiro atoms. The highest BCUT2D eigenvalue weighted by atomic mass is 35.5. The van der Waals surface area contributed by atoms with Crippen LogP contribution in [0.5, 0.6) is 5.75 Å². The molecule has 0 radical (unpaired) electrons. The van der Waals surface area contributed by atoms with Gasteiger partial charge in [-0.2, -0.15) is 0 Å².